The van der Waals surface area contributed by atoms with E-state index in [4.69, 9.17) is 0 Å². The second-order valence-electron chi connectivity index (χ2n) is 8.40. The molecule has 4 rings (SSSR count). The largest absolute Gasteiger partial charge is 0.336 e. The van der Waals surface area contributed by atoms with Crippen LogP contribution in [-0.4, -0.2) is 67.7 Å². The van der Waals surface area contributed by atoms with Gasteiger partial charge >= 0.3 is 0 Å². The molecule has 0 atom stereocenters. The Balaban J connectivity index is 1.40. The fourth-order valence-electron chi connectivity index (χ4n) is 4.35. The van der Waals surface area contributed by atoms with E-state index in [1.165, 1.54) is 5.56 Å². The first-order valence-corrected chi connectivity index (χ1v) is 12.6. The minimum atomic E-state index is -3.56. The van der Waals surface area contributed by atoms with Crippen LogP contribution in [0.25, 0.3) is 0 Å². The Morgan fingerprint density at radius 3 is 2.13 bits per heavy atom. The van der Waals surface area contributed by atoms with Crippen LogP contribution >= 0.6 is 0 Å². The number of carbonyl (C=O) groups excluding carboxylic acids is 1. The van der Waals surface area contributed by atoms with E-state index < -0.39 is 10.0 Å². The molecular formula is C24H31N3O3S. The minimum Gasteiger partial charge on any atom is -0.336 e. The molecule has 2 aliphatic heterocycles. The molecule has 7 heteroatoms. The van der Waals surface area contributed by atoms with E-state index in [9.17, 15) is 13.2 Å². The Labute approximate surface area is 185 Å². The summed E-state index contributed by atoms with van der Waals surface area (Å²) in [6, 6.07) is 16.9. The molecule has 2 heterocycles. The van der Waals surface area contributed by atoms with Gasteiger partial charge in [-0.05, 0) is 36.6 Å². The minimum absolute atomic E-state index is 0.0905. The lowest BCUT2D eigenvalue weighted by molar-refractivity contribution is 0.0628. The van der Waals surface area contributed by atoms with Gasteiger partial charge in [0.25, 0.3) is 5.91 Å². The number of hydrogen-bond acceptors (Lipinski definition) is 4. The molecule has 1 amide bonds. The van der Waals surface area contributed by atoms with E-state index >= 15 is 0 Å². The van der Waals surface area contributed by atoms with Crippen molar-refractivity contribution in [2.75, 3.05) is 39.3 Å². The molecule has 2 aliphatic rings. The predicted molar refractivity (Wildman–Crippen MR) is 121 cm³/mol. The number of amides is 1. The number of carbonyl (C=O) groups is 1. The smallest absolute Gasteiger partial charge is 0.253 e. The summed E-state index contributed by atoms with van der Waals surface area (Å²) in [5, 5.41) is 0. The first kappa shape index (κ1) is 22.0. The summed E-state index contributed by atoms with van der Waals surface area (Å²) in [5.74, 6) is -0.0905. The van der Waals surface area contributed by atoms with Crippen LogP contribution in [0.5, 0.6) is 0 Å². The van der Waals surface area contributed by atoms with E-state index in [2.05, 4.69) is 17.0 Å². The van der Waals surface area contributed by atoms with Crippen molar-refractivity contribution in [3.63, 3.8) is 0 Å². The molecule has 2 fully saturated rings. The number of piperazine rings is 1. The Bertz CT molecular complexity index is 978. The number of rotatable bonds is 5. The summed E-state index contributed by atoms with van der Waals surface area (Å²) >= 11 is 0. The molecule has 0 N–H and O–H groups in total. The second-order valence-corrected chi connectivity index (χ2v) is 10.3. The van der Waals surface area contributed by atoms with Crippen LogP contribution in [0.3, 0.4) is 0 Å². The lowest BCUT2D eigenvalue weighted by Gasteiger charge is -2.35. The highest BCUT2D eigenvalue weighted by Crippen LogP contribution is 2.22. The van der Waals surface area contributed by atoms with Gasteiger partial charge < -0.3 is 4.90 Å². The maximum atomic E-state index is 13.1. The maximum Gasteiger partial charge on any atom is 0.253 e. The third-order valence-electron chi connectivity index (χ3n) is 6.19. The van der Waals surface area contributed by atoms with Crippen molar-refractivity contribution in [2.24, 2.45) is 0 Å². The SMILES string of the molecule is O=C(c1cccc(S(=O)(=O)N2CCCCCC2)c1)N1CCN(Cc2ccccc2)CC1. The number of benzene rings is 2. The fraction of sp³-hybridized carbons (Fsp3) is 0.458. The Hall–Kier alpha value is -2.22. The van der Waals surface area contributed by atoms with Crippen molar-refractivity contribution >= 4 is 15.9 Å². The molecule has 166 valence electrons. The Morgan fingerprint density at radius 1 is 0.774 bits per heavy atom. The van der Waals surface area contributed by atoms with Gasteiger partial charge in [-0.15, -0.1) is 0 Å². The highest BCUT2D eigenvalue weighted by Gasteiger charge is 2.27. The first-order chi connectivity index (χ1) is 15.0. The molecule has 0 aliphatic carbocycles. The standard InChI is InChI=1S/C24H31N3O3S/c28-24(26-17-15-25(16-18-26)20-21-9-4-3-5-10-21)22-11-8-12-23(19-22)31(29,30)27-13-6-1-2-7-14-27/h3-5,8-12,19H,1-2,6-7,13-18,20H2. The van der Waals surface area contributed by atoms with Crippen LogP contribution in [0.15, 0.2) is 59.5 Å². The van der Waals surface area contributed by atoms with Crippen molar-refractivity contribution in [2.45, 2.75) is 37.1 Å². The monoisotopic (exact) mass is 441 g/mol. The summed E-state index contributed by atoms with van der Waals surface area (Å²) in [4.78, 5) is 17.5. The summed E-state index contributed by atoms with van der Waals surface area (Å²) in [7, 11) is -3.56. The highest BCUT2D eigenvalue weighted by molar-refractivity contribution is 7.89. The van der Waals surface area contributed by atoms with Gasteiger partial charge in [-0.3, -0.25) is 9.69 Å². The third-order valence-corrected chi connectivity index (χ3v) is 8.09. The predicted octanol–water partition coefficient (Wildman–Crippen LogP) is 3.21. The molecule has 2 saturated heterocycles. The maximum absolute atomic E-state index is 13.1. The summed E-state index contributed by atoms with van der Waals surface area (Å²) in [6.45, 7) is 4.92. The van der Waals surface area contributed by atoms with Gasteiger partial charge in [-0.2, -0.15) is 4.31 Å². The van der Waals surface area contributed by atoms with Crippen LogP contribution in [0.4, 0.5) is 0 Å². The van der Waals surface area contributed by atoms with Crippen molar-refractivity contribution < 1.29 is 13.2 Å². The average molecular weight is 442 g/mol. The highest BCUT2D eigenvalue weighted by atomic mass is 32.2. The summed E-state index contributed by atoms with van der Waals surface area (Å²) < 4.78 is 27.8. The number of hydrogen-bond donors (Lipinski definition) is 0. The van der Waals surface area contributed by atoms with Crippen LogP contribution in [-0.2, 0) is 16.6 Å². The number of nitrogens with zero attached hydrogens (tertiary/aromatic N) is 3. The van der Waals surface area contributed by atoms with Gasteiger partial charge in [-0.25, -0.2) is 8.42 Å². The Morgan fingerprint density at radius 2 is 1.45 bits per heavy atom. The van der Waals surface area contributed by atoms with Gasteiger partial charge in [0, 0.05) is 51.4 Å². The normalized spacial score (nSPS) is 19.2. The van der Waals surface area contributed by atoms with Crippen LogP contribution in [0, 0.1) is 0 Å². The fourth-order valence-corrected chi connectivity index (χ4v) is 5.92. The topological polar surface area (TPSA) is 60.9 Å². The lowest BCUT2D eigenvalue weighted by Crippen LogP contribution is -2.48. The zero-order valence-electron chi connectivity index (χ0n) is 17.9. The molecule has 31 heavy (non-hydrogen) atoms. The molecule has 0 unspecified atom stereocenters. The average Bonchev–Trinajstić information content (AvgIpc) is 3.10. The van der Waals surface area contributed by atoms with Crippen molar-refractivity contribution in [1.82, 2.24) is 14.1 Å². The quantitative estimate of drug-likeness (QED) is 0.715. The molecule has 2 aromatic carbocycles. The van der Waals surface area contributed by atoms with E-state index in [1.54, 1.807) is 28.6 Å². The van der Waals surface area contributed by atoms with Gasteiger partial charge in [-0.1, -0.05) is 49.2 Å². The Kier molecular flexibility index (Phi) is 7.05. The molecule has 2 aromatic rings. The molecule has 0 bridgehead atoms. The number of sulfonamides is 1. The van der Waals surface area contributed by atoms with E-state index in [0.717, 1.165) is 45.3 Å². The van der Waals surface area contributed by atoms with Crippen LogP contribution < -0.4 is 0 Å². The van der Waals surface area contributed by atoms with Gasteiger partial charge in [0.1, 0.15) is 0 Å². The van der Waals surface area contributed by atoms with Gasteiger partial charge in [0.2, 0.25) is 10.0 Å². The summed E-state index contributed by atoms with van der Waals surface area (Å²) in [5.41, 5.74) is 1.72. The van der Waals surface area contributed by atoms with Crippen LogP contribution in [0.1, 0.15) is 41.6 Å². The zero-order valence-corrected chi connectivity index (χ0v) is 18.8. The van der Waals surface area contributed by atoms with E-state index in [1.807, 2.05) is 23.1 Å². The zero-order chi connectivity index (χ0) is 21.7. The van der Waals surface area contributed by atoms with Crippen molar-refractivity contribution in [3.05, 3.63) is 65.7 Å². The van der Waals surface area contributed by atoms with Gasteiger partial charge in [0.05, 0.1) is 4.90 Å². The third kappa shape index (κ3) is 5.34. The van der Waals surface area contributed by atoms with Gasteiger partial charge in [0.15, 0.2) is 0 Å². The van der Waals surface area contributed by atoms with Crippen molar-refractivity contribution in [3.8, 4) is 0 Å². The first-order valence-electron chi connectivity index (χ1n) is 11.2. The van der Waals surface area contributed by atoms with Crippen LogP contribution in [0.2, 0.25) is 0 Å². The second kappa shape index (κ2) is 9.94. The molecule has 0 aromatic heterocycles. The molecular weight excluding hydrogens is 410 g/mol. The van der Waals surface area contributed by atoms with Crippen molar-refractivity contribution in [1.29, 1.82) is 0 Å². The van der Waals surface area contributed by atoms with E-state index in [-0.39, 0.29) is 10.8 Å². The van der Waals surface area contributed by atoms with E-state index in [0.29, 0.717) is 31.7 Å². The summed E-state index contributed by atoms with van der Waals surface area (Å²) in [6.07, 6.45) is 3.93. The lowest BCUT2D eigenvalue weighted by atomic mass is 10.1. The molecule has 0 radical (unpaired) electrons. The molecule has 6 nitrogen and oxygen atoms in total. The molecule has 0 spiro atoms. The molecule has 0 saturated carbocycles.